The van der Waals surface area contributed by atoms with E-state index in [0.29, 0.717) is 22.8 Å². The van der Waals surface area contributed by atoms with E-state index in [-0.39, 0.29) is 65.1 Å². The van der Waals surface area contributed by atoms with Gasteiger partial charge in [-0.15, -0.1) is 0 Å². The van der Waals surface area contributed by atoms with Gasteiger partial charge in [-0.1, -0.05) is 48.5 Å². The lowest BCUT2D eigenvalue weighted by Gasteiger charge is -2.26. The van der Waals surface area contributed by atoms with Crippen molar-refractivity contribution in [3.05, 3.63) is 180 Å². The molecule has 0 saturated carbocycles. The van der Waals surface area contributed by atoms with E-state index in [1.54, 1.807) is 83.8 Å². The predicted octanol–water partition coefficient (Wildman–Crippen LogP) is 4.92. The van der Waals surface area contributed by atoms with E-state index in [0.717, 1.165) is 8.61 Å². The van der Waals surface area contributed by atoms with Crippen LogP contribution in [0, 0.1) is 5.41 Å². The molecule has 8 rings (SSSR count). The third-order valence-corrected chi connectivity index (χ3v) is 15.1. The number of carboxylic acids is 1. The molecule has 0 fully saturated rings. The Morgan fingerprint density at radius 2 is 1.04 bits per heavy atom. The lowest BCUT2D eigenvalue weighted by molar-refractivity contribution is -0.894. The summed E-state index contributed by atoms with van der Waals surface area (Å²) in [7, 11) is -9.49. The zero-order valence-corrected chi connectivity index (χ0v) is 39.4. The average Bonchev–Trinajstić information content (AvgIpc) is 3.34. The number of carbonyl (C=O) groups is 1. The zero-order chi connectivity index (χ0) is 48.4. The van der Waals surface area contributed by atoms with Crippen molar-refractivity contribution in [2.45, 2.75) is 56.7 Å². The SMILES string of the molecule is CC[NH+](CC)CC.N=c1ccc2c(-c3ccccc3C(=O)[O-])c3ccc(N)c(S(=O)(=O)N(Cc4ccccn4)Cc4ccccn4)c3oc-2c1S(=O)(=O)N(Cc1ccccn1)Cc1ccccn1. The highest BCUT2D eigenvalue weighted by Crippen LogP contribution is 2.46. The van der Waals surface area contributed by atoms with Crippen molar-refractivity contribution in [2.75, 3.05) is 25.4 Å². The molecule has 0 saturated heterocycles. The predicted molar refractivity (Wildman–Crippen MR) is 255 cm³/mol. The minimum Gasteiger partial charge on any atom is -0.545 e. The maximum Gasteiger partial charge on any atom is 0.249 e. The molecule has 0 bridgehead atoms. The Balaban J connectivity index is 0.000000908. The summed E-state index contributed by atoms with van der Waals surface area (Å²) in [6.07, 6.45) is 6.10. The number of aromatic carboxylic acids is 1. The first-order valence-electron chi connectivity index (χ1n) is 21.9. The first-order valence-corrected chi connectivity index (χ1v) is 24.8. The summed E-state index contributed by atoms with van der Waals surface area (Å²) in [5.74, 6) is -1.96. The number of carbonyl (C=O) groups excluding carboxylic acids is 1. The molecule has 2 aromatic carbocycles. The second kappa shape index (κ2) is 21.6. The standard InChI is InChI=1S/C44H36N8O7S2.C6H15N/c45-37-19-17-35-39(33-15-1-2-16-34(33)44(53)54)36-18-20-38(46)43(61(57,58)52(27-31-13-5-9-23-49-31)28-32-14-6-10-24-50-32)41(36)59-40(35)42(37)60(55,56)51(25-29-11-3-7-21-47-29)26-30-12-4-8-22-48-30;1-4-7(5-2)6-3/h1-24,45H,25-28,46H2,(H,53,54);4-6H2,1-3H3. The Kier molecular flexibility index (Phi) is 15.5. The van der Waals surface area contributed by atoms with Crippen molar-refractivity contribution >= 4 is 42.7 Å². The van der Waals surface area contributed by atoms with Crippen molar-refractivity contribution in [1.82, 2.24) is 28.5 Å². The second-order valence-corrected chi connectivity index (χ2v) is 19.4. The van der Waals surface area contributed by atoms with Gasteiger partial charge in [-0.2, -0.15) is 8.61 Å². The molecule has 68 heavy (non-hydrogen) atoms. The molecule has 4 aromatic heterocycles. The molecule has 6 aromatic rings. The van der Waals surface area contributed by atoms with Crippen molar-refractivity contribution in [1.29, 1.82) is 5.41 Å². The number of quaternary nitrogens is 1. The van der Waals surface area contributed by atoms with Gasteiger partial charge in [0.25, 0.3) is 0 Å². The van der Waals surface area contributed by atoms with Crippen LogP contribution in [0.1, 0.15) is 53.9 Å². The maximum atomic E-state index is 15.2. The number of pyridine rings is 4. The van der Waals surface area contributed by atoms with Crippen LogP contribution in [-0.4, -0.2) is 71.0 Å². The molecule has 5 heterocycles. The Labute approximate surface area is 395 Å². The molecule has 4 N–H and O–H groups in total. The monoisotopic (exact) mass is 953 g/mol. The van der Waals surface area contributed by atoms with E-state index in [1.165, 1.54) is 86.9 Å². The van der Waals surface area contributed by atoms with Gasteiger partial charge in [0.2, 0.25) is 20.0 Å². The van der Waals surface area contributed by atoms with Gasteiger partial charge < -0.3 is 25.0 Å². The number of nitrogens with two attached hydrogens (primary N) is 1. The summed E-state index contributed by atoms with van der Waals surface area (Å²) in [4.78, 5) is 30.6. The number of hydrogen-bond donors (Lipinski definition) is 3. The quantitative estimate of drug-likeness (QED) is 0.0815. The highest BCUT2D eigenvalue weighted by atomic mass is 32.2. The lowest BCUT2D eigenvalue weighted by Crippen LogP contribution is -3.11. The number of aromatic nitrogens is 4. The molecule has 2 aliphatic rings. The first kappa shape index (κ1) is 48.7. The van der Waals surface area contributed by atoms with Crippen molar-refractivity contribution < 1.29 is 36.1 Å². The van der Waals surface area contributed by atoms with Crippen LogP contribution in [0.3, 0.4) is 0 Å². The van der Waals surface area contributed by atoms with E-state index in [9.17, 15) is 9.90 Å². The highest BCUT2D eigenvalue weighted by Gasteiger charge is 2.37. The van der Waals surface area contributed by atoms with Crippen LogP contribution in [0.15, 0.2) is 160 Å². The van der Waals surface area contributed by atoms with Crippen LogP contribution < -0.4 is 21.1 Å². The summed E-state index contributed by atoms with van der Waals surface area (Å²) in [5.41, 5.74) is 7.53. The van der Waals surface area contributed by atoms with Crippen molar-refractivity contribution in [2.24, 2.45) is 0 Å². The van der Waals surface area contributed by atoms with Crippen LogP contribution in [0.4, 0.5) is 5.69 Å². The maximum absolute atomic E-state index is 15.2. The van der Waals surface area contributed by atoms with Gasteiger partial charge in [0.05, 0.1) is 85.6 Å². The molecule has 16 nitrogen and oxygen atoms in total. The minimum atomic E-state index is -4.77. The minimum absolute atomic E-state index is 0.0679. The number of rotatable bonds is 17. The van der Waals surface area contributed by atoms with Crippen molar-refractivity contribution in [3.8, 4) is 22.5 Å². The lowest BCUT2D eigenvalue weighted by atomic mass is 9.90. The summed E-state index contributed by atoms with van der Waals surface area (Å²) < 4.78 is 69.7. The fraction of sp³-hybridized carbons (Fsp3) is 0.200. The van der Waals surface area contributed by atoms with Gasteiger partial charge in [-0.25, -0.2) is 16.8 Å². The number of anilines is 1. The van der Waals surface area contributed by atoms with Crippen LogP contribution in [0.5, 0.6) is 0 Å². The van der Waals surface area contributed by atoms with Gasteiger partial charge in [0.15, 0.2) is 16.2 Å². The molecule has 18 heteroatoms. The summed E-state index contributed by atoms with van der Waals surface area (Å²) in [5, 5.41) is 21.4. The molecule has 0 spiro atoms. The largest absolute Gasteiger partial charge is 0.545 e. The molecule has 0 unspecified atom stereocenters. The Morgan fingerprint density at radius 3 is 1.46 bits per heavy atom. The number of fused-ring (bicyclic) bond motifs is 2. The van der Waals surface area contributed by atoms with Crippen molar-refractivity contribution in [3.63, 3.8) is 0 Å². The van der Waals surface area contributed by atoms with E-state index in [1.807, 2.05) is 0 Å². The zero-order valence-electron chi connectivity index (χ0n) is 37.7. The number of nitrogens with one attached hydrogen (secondary N) is 2. The van der Waals surface area contributed by atoms with Crippen LogP contribution >= 0.6 is 0 Å². The summed E-state index contributed by atoms with van der Waals surface area (Å²) in [6, 6.07) is 31.7. The molecule has 0 amide bonds. The molecule has 0 atom stereocenters. The van der Waals surface area contributed by atoms with Gasteiger partial charge in [-0.05, 0) is 99.1 Å². The van der Waals surface area contributed by atoms with Crippen LogP contribution in [-0.2, 0) is 46.2 Å². The van der Waals surface area contributed by atoms with E-state index in [4.69, 9.17) is 15.6 Å². The first-order chi connectivity index (χ1) is 32.8. The van der Waals surface area contributed by atoms with Gasteiger partial charge >= 0.3 is 0 Å². The number of nitrogens with zero attached hydrogens (tertiary/aromatic N) is 6. The van der Waals surface area contributed by atoms with Gasteiger partial charge in [-0.3, -0.25) is 25.3 Å². The third-order valence-electron chi connectivity index (χ3n) is 11.4. The Hall–Kier alpha value is -7.22. The third kappa shape index (κ3) is 10.6. The van der Waals surface area contributed by atoms with E-state index in [2.05, 4.69) is 40.7 Å². The highest BCUT2D eigenvalue weighted by molar-refractivity contribution is 7.89. The van der Waals surface area contributed by atoms with E-state index < -0.39 is 46.9 Å². The Bertz CT molecular complexity index is 3160. The molecular weight excluding hydrogens is 903 g/mol. The topological polar surface area (TPSA) is 234 Å². The number of sulfonamides is 2. The van der Waals surface area contributed by atoms with Crippen LogP contribution in [0.2, 0.25) is 0 Å². The molecule has 1 aliphatic carbocycles. The fourth-order valence-electron chi connectivity index (χ4n) is 7.82. The van der Waals surface area contributed by atoms with E-state index >= 15 is 16.8 Å². The number of nitrogen functional groups attached to an aromatic ring is 1. The Morgan fingerprint density at radius 1 is 0.603 bits per heavy atom. The van der Waals surface area contributed by atoms with Crippen LogP contribution in [0.25, 0.3) is 33.4 Å². The van der Waals surface area contributed by atoms with Gasteiger partial charge in [0.1, 0.15) is 4.90 Å². The van der Waals surface area contributed by atoms with Gasteiger partial charge in [0, 0.05) is 46.9 Å². The molecular formula is C50H51N9O7S2. The molecule has 350 valence electrons. The second-order valence-electron chi connectivity index (χ2n) is 15.6. The number of hydrogen-bond acceptors (Lipinski definition) is 13. The molecule has 1 aliphatic heterocycles. The summed E-state index contributed by atoms with van der Waals surface area (Å²) in [6.45, 7) is 9.55. The average molecular weight is 954 g/mol. The smallest absolute Gasteiger partial charge is 0.249 e. The number of carboxylic acid groups (broad SMARTS) is 1. The molecule has 0 radical (unpaired) electrons. The normalized spacial score (nSPS) is 11.9. The fourth-order valence-corrected chi connectivity index (χ4v) is 11.0. The number of benzene rings is 3. The summed E-state index contributed by atoms with van der Waals surface area (Å²) >= 11 is 0.